The van der Waals surface area contributed by atoms with Crippen LogP contribution in [-0.2, 0) is 14.9 Å². The van der Waals surface area contributed by atoms with Gasteiger partial charge in [0.15, 0.2) is 0 Å². The second-order valence-corrected chi connectivity index (χ2v) is 4.00. The molecule has 0 aromatic rings. The lowest BCUT2D eigenvalue weighted by Gasteiger charge is -1.85. The quantitative estimate of drug-likeness (QED) is 0.504. The third kappa shape index (κ3) is 13.0. The van der Waals surface area contributed by atoms with Gasteiger partial charge in [-0.1, -0.05) is 6.92 Å². The average molecular weight is 182 g/mol. The summed E-state index contributed by atoms with van der Waals surface area (Å²) in [5.74, 6) is -0.132. The van der Waals surface area contributed by atoms with Gasteiger partial charge in [-0.15, -0.1) is 0 Å². The van der Waals surface area contributed by atoms with Crippen LogP contribution in [0.3, 0.4) is 0 Å². The summed E-state index contributed by atoms with van der Waals surface area (Å²) in [4.78, 5) is 0. The van der Waals surface area contributed by atoms with Crippen molar-refractivity contribution in [1.82, 2.24) is 0 Å². The van der Waals surface area contributed by atoms with Crippen molar-refractivity contribution in [2.45, 2.75) is 26.4 Å². The molecule has 1 heterocycles. The normalized spacial score (nSPS) is 21.9. The molecule has 0 spiro atoms. The van der Waals surface area contributed by atoms with E-state index < -0.39 is 10.1 Å². The maximum absolute atomic E-state index is 9.79. The minimum absolute atomic E-state index is 0.132. The van der Waals surface area contributed by atoms with E-state index in [0.29, 0.717) is 12.5 Å². The highest BCUT2D eigenvalue weighted by Crippen LogP contribution is 2.04. The Kier molecular flexibility index (Phi) is 4.63. The molecule has 0 saturated carbocycles. The van der Waals surface area contributed by atoms with E-state index in [1.165, 1.54) is 0 Å². The number of hydrogen-bond acceptors (Lipinski definition) is 3. The van der Waals surface area contributed by atoms with Gasteiger partial charge >= 0.3 is 0 Å². The molecule has 1 fully saturated rings. The van der Waals surface area contributed by atoms with Gasteiger partial charge in [0, 0.05) is 0 Å². The molecular formula is C6H14O4S. The molecule has 4 nitrogen and oxygen atoms in total. The Morgan fingerprint density at radius 1 is 1.64 bits per heavy atom. The minimum Gasteiger partial charge on any atom is -0.373 e. The van der Waals surface area contributed by atoms with Gasteiger partial charge in [0.05, 0.1) is 18.5 Å². The molecule has 1 saturated heterocycles. The first-order valence-corrected chi connectivity index (χ1v) is 5.13. The van der Waals surface area contributed by atoms with E-state index in [1.807, 2.05) is 0 Å². The third-order valence-corrected chi connectivity index (χ3v) is 1.89. The summed E-state index contributed by atoms with van der Waals surface area (Å²) in [6.45, 7) is 4.73. The van der Waals surface area contributed by atoms with Crippen molar-refractivity contribution in [1.29, 1.82) is 0 Å². The maximum Gasteiger partial charge on any atom is 0.264 e. The van der Waals surface area contributed by atoms with Crippen molar-refractivity contribution in [3.63, 3.8) is 0 Å². The van der Waals surface area contributed by atoms with Crippen molar-refractivity contribution >= 4 is 10.1 Å². The molecule has 0 bridgehead atoms. The number of rotatable bonds is 2. The fourth-order valence-corrected chi connectivity index (χ4v) is 0.870. The summed E-state index contributed by atoms with van der Waals surface area (Å²) in [6, 6.07) is 0. The van der Waals surface area contributed by atoms with Gasteiger partial charge in [-0.2, -0.15) is 8.42 Å². The second kappa shape index (κ2) is 4.69. The molecule has 0 amide bonds. The van der Waals surface area contributed by atoms with Crippen LogP contribution >= 0.6 is 0 Å². The zero-order valence-corrected chi connectivity index (χ0v) is 7.60. The zero-order chi connectivity index (χ0) is 8.91. The largest absolute Gasteiger partial charge is 0.373 e. The molecule has 0 radical (unpaired) electrons. The molecule has 0 aromatic carbocycles. The third-order valence-electron chi connectivity index (χ3n) is 0.962. The van der Waals surface area contributed by atoms with Crippen LogP contribution in [0.5, 0.6) is 0 Å². The first-order valence-electron chi connectivity index (χ1n) is 3.52. The van der Waals surface area contributed by atoms with Gasteiger partial charge in [-0.3, -0.25) is 4.55 Å². The Morgan fingerprint density at radius 2 is 2.00 bits per heavy atom. The maximum atomic E-state index is 9.79. The van der Waals surface area contributed by atoms with Crippen molar-refractivity contribution in [2.75, 3.05) is 12.4 Å². The van der Waals surface area contributed by atoms with Gasteiger partial charge in [0.1, 0.15) is 0 Å². The van der Waals surface area contributed by atoms with Crippen LogP contribution < -0.4 is 0 Å². The fraction of sp³-hybridized carbons (Fsp3) is 1.00. The first kappa shape index (κ1) is 10.9. The van der Waals surface area contributed by atoms with Crippen LogP contribution in [-0.4, -0.2) is 31.4 Å². The molecule has 1 rings (SSSR count). The molecule has 11 heavy (non-hydrogen) atoms. The van der Waals surface area contributed by atoms with Crippen LogP contribution in [0.15, 0.2) is 0 Å². The summed E-state index contributed by atoms with van der Waals surface area (Å²) < 4.78 is 32.3. The van der Waals surface area contributed by atoms with E-state index in [-0.39, 0.29) is 5.75 Å². The Labute approximate surface area is 67.3 Å². The summed E-state index contributed by atoms with van der Waals surface area (Å²) in [5, 5.41) is 0. The lowest BCUT2D eigenvalue weighted by molar-refractivity contribution is 0.423. The Morgan fingerprint density at radius 3 is 2.00 bits per heavy atom. The van der Waals surface area contributed by atoms with Crippen LogP contribution in [0.4, 0.5) is 0 Å². The van der Waals surface area contributed by atoms with E-state index in [9.17, 15) is 8.42 Å². The van der Waals surface area contributed by atoms with Crippen LogP contribution in [0.25, 0.3) is 0 Å². The molecule has 5 heteroatoms. The number of hydrogen-bond donors (Lipinski definition) is 1. The van der Waals surface area contributed by atoms with Crippen LogP contribution in [0, 0.1) is 0 Å². The van der Waals surface area contributed by atoms with Gasteiger partial charge in [-0.05, 0) is 13.3 Å². The molecule has 1 atom stereocenters. The van der Waals surface area contributed by atoms with E-state index in [4.69, 9.17) is 9.29 Å². The lowest BCUT2D eigenvalue weighted by atomic mass is 10.6. The average Bonchev–Trinajstić information content (AvgIpc) is 2.48. The summed E-state index contributed by atoms with van der Waals surface area (Å²) in [7, 11) is -3.67. The van der Waals surface area contributed by atoms with Gasteiger partial charge in [0.2, 0.25) is 0 Å². The Balaban J connectivity index is 0.000000207. The van der Waals surface area contributed by atoms with E-state index in [1.54, 1.807) is 6.92 Å². The van der Waals surface area contributed by atoms with Crippen LogP contribution in [0.2, 0.25) is 0 Å². The SMILES string of the molecule is CC1CO1.CCCS(=O)(=O)O. The van der Waals surface area contributed by atoms with Crippen molar-refractivity contribution in [3.8, 4) is 0 Å². The monoisotopic (exact) mass is 182 g/mol. The molecule has 1 aliphatic rings. The molecule has 0 aliphatic carbocycles. The van der Waals surface area contributed by atoms with Crippen molar-refractivity contribution in [2.24, 2.45) is 0 Å². The van der Waals surface area contributed by atoms with E-state index in [2.05, 4.69) is 6.92 Å². The topological polar surface area (TPSA) is 66.9 Å². The standard InChI is InChI=1S/C3H8O3S.C3H6O/c1-2-3-7(4,5)6;1-3-2-4-3/h2-3H2,1H3,(H,4,5,6);3H,2H2,1H3. The van der Waals surface area contributed by atoms with Gasteiger partial charge < -0.3 is 4.74 Å². The molecule has 1 N–H and O–H groups in total. The molecular weight excluding hydrogens is 168 g/mol. The smallest absolute Gasteiger partial charge is 0.264 e. The first-order chi connectivity index (χ1) is 4.95. The molecule has 1 aliphatic heterocycles. The van der Waals surface area contributed by atoms with Crippen LogP contribution in [0.1, 0.15) is 20.3 Å². The minimum atomic E-state index is -3.67. The highest BCUT2D eigenvalue weighted by atomic mass is 32.2. The summed E-state index contributed by atoms with van der Waals surface area (Å²) >= 11 is 0. The molecule has 1 unspecified atom stereocenters. The number of ether oxygens (including phenoxy) is 1. The summed E-state index contributed by atoms with van der Waals surface area (Å²) in [5.41, 5.74) is 0. The second-order valence-electron chi connectivity index (χ2n) is 2.43. The molecule has 68 valence electrons. The predicted molar refractivity (Wildman–Crippen MR) is 42.1 cm³/mol. The highest BCUT2D eigenvalue weighted by Gasteiger charge is 2.13. The van der Waals surface area contributed by atoms with Gasteiger partial charge in [-0.25, -0.2) is 0 Å². The van der Waals surface area contributed by atoms with Crippen molar-refractivity contribution < 1.29 is 17.7 Å². The Bertz CT molecular complexity index is 181. The van der Waals surface area contributed by atoms with E-state index in [0.717, 1.165) is 6.61 Å². The predicted octanol–water partition coefficient (Wildman–Crippen LogP) is 0.689. The van der Waals surface area contributed by atoms with Gasteiger partial charge in [0.25, 0.3) is 10.1 Å². The fourth-order valence-electron chi connectivity index (χ4n) is 0.354. The number of epoxide rings is 1. The van der Waals surface area contributed by atoms with E-state index >= 15 is 0 Å². The summed E-state index contributed by atoms with van der Waals surface area (Å²) in [6.07, 6.45) is 1.05. The highest BCUT2D eigenvalue weighted by molar-refractivity contribution is 7.85. The van der Waals surface area contributed by atoms with Crippen molar-refractivity contribution in [3.05, 3.63) is 0 Å². The Hall–Kier alpha value is -0.130. The molecule has 0 aromatic heterocycles. The zero-order valence-electron chi connectivity index (χ0n) is 6.78. The lowest BCUT2D eigenvalue weighted by Crippen LogP contribution is -2.01.